The number of carbonyl (C=O) groups is 2. The van der Waals surface area contributed by atoms with E-state index < -0.39 is 46.1 Å². The summed E-state index contributed by atoms with van der Waals surface area (Å²) in [6, 6.07) is 15.0. The SMILES string of the molecule is CC[C@H](C)NC(=O)[C@H](Cc1ccccc1)N(Cc1ccc(Cl)cc1Cl)C(=O)CN(c1ccc(F)c(F)c1)S(C)(=O)=O. The molecule has 3 aromatic carbocycles. The highest BCUT2D eigenvalue weighted by Crippen LogP contribution is 2.26. The van der Waals surface area contributed by atoms with Gasteiger partial charge in [-0.3, -0.25) is 13.9 Å². The van der Waals surface area contributed by atoms with Gasteiger partial charge in [0.15, 0.2) is 11.6 Å². The van der Waals surface area contributed by atoms with Gasteiger partial charge in [0, 0.05) is 35.1 Å². The second-order valence-electron chi connectivity index (χ2n) is 9.65. The van der Waals surface area contributed by atoms with Crippen molar-refractivity contribution >= 4 is 50.7 Å². The van der Waals surface area contributed by atoms with E-state index in [1.807, 2.05) is 32.0 Å². The Morgan fingerprint density at radius 3 is 2.24 bits per heavy atom. The summed E-state index contributed by atoms with van der Waals surface area (Å²) in [7, 11) is -4.14. The van der Waals surface area contributed by atoms with Crippen molar-refractivity contribution in [3.05, 3.63) is 99.5 Å². The van der Waals surface area contributed by atoms with Gasteiger partial charge < -0.3 is 10.2 Å². The van der Waals surface area contributed by atoms with E-state index in [1.165, 1.54) is 11.0 Å². The van der Waals surface area contributed by atoms with Gasteiger partial charge in [-0.25, -0.2) is 17.2 Å². The fourth-order valence-corrected chi connectivity index (χ4v) is 5.39. The maximum Gasteiger partial charge on any atom is 0.244 e. The number of nitrogens with one attached hydrogen (secondary N) is 1. The van der Waals surface area contributed by atoms with Gasteiger partial charge in [0.25, 0.3) is 0 Å². The molecule has 0 fully saturated rings. The average molecular weight is 627 g/mol. The van der Waals surface area contributed by atoms with Crippen molar-refractivity contribution in [3.8, 4) is 0 Å². The van der Waals surface area contributed by atoms with Gasteiger partial charge in [-0.1, -0.05) is 66.5 Å². The van der Waals surface area contributed by atoms with E-state index in [9.17, 15) is 26.8 Å². The molecule has 12 heteroatoms. The Bertz CT molecular complexity index is 1490. The molecule has 3 aromatic rings. The molecule has 0 aromatic heterocycles. The van der Waals surface area contributed by atoms with E-state index in [4.69, 9.17) is 23.2 Å². The third-order valence-electron chi connectivity index (χ3n) is 6.50. The molecule has 220 valence electrons. The Morgan fingerprint density at radius 2 is 1.66 bits per heavy atom. The molecule has 0 heterocycles. The second kappa shape index (κ2) is 14.1. The largest absolute Gasteiger partial charge is 0.352 e. The first-order chi connectivity index (χ1) is 19.3. The van der Waals surface area contributed by atoms with Crippen molar-refractivity contribution in [1.82, 2.24) is 10.2 Å². The molecule has 0 unspecified atom stereocenters. The lowest BCUT2D eigenvalue weighted by molar-refractivity contribution is -0.140. The van der Waals surface area contributed by atoms with Gasteiger partial charge in [-0.2, -0.15) is 0 Å². The van der Waals surface area contributed by atoms with Crippen molar-refractivity contribution in [3.63, 3.8) is 0 Å². The van der Waals surface area contributed by atoms with Gasteiger partial charge in [0.1, 0.15) is 12.6 Å². The molecule has 0 aliphatic carbocycles. The highest BCUT2D eigenvalue weighted by molar-refractivity contribution is 7.92. The number of sulfonamides is 1. The summed E-state index contributed by atoms with van der Waals surface area (Å²) < 4.78 is 53.8. The molecule has 7 nitrogen and oxygen atoms in total. The second-order valence-corrected chi connectivity index (χ2v) is 12.4. The van der Waals surface area contributed by atoms with Crippen LogP contribution in [0, 0.1) is 11.6 Å². The molecule has 0 bridgehead atoms. The van der Waals surface area contributed by atoms with Crippen LogP contribution >= 0.6 is 23.2 Å². The number of amides is 2. The number of hydrogen-bond acceptors (Lipinski definition) is 4. The van der Waals surface area contributed by atoms with Crippen LogP contribution in [0.3, 0.4) is 0 Å². The predicted molar refractivity (Wildman–Crippen MR) is 157 cm³/mol. The summed E-state index contributed by atoms with van der Waals surface area (Å²) in [5.74, 6) is -3.65. The first kappa shape index (κ1) is 32.3. The number of rotatable bonds is 12. The van der Waals surface area contributed by atoms with Crippen LogP contribution in [0.4, 0.5) is 14.5 Å². The molecule has 0 saturated heterocycles. The lowest BCUT2D eigenvalue weighted by atomic mass is 10.0. The van der Waals surface area contributed by atoms with Crippen LogP contribution in [-0.4, -0.2) is 50.0 Å². The van der Waals surface area contributed by atoms with Crippen LogP contribution in [0.1, 0.15) is 31.4 Å². The molecule has 0 spiro atoms. The van der Waals surface area contributed by atoms with Crippen LogP contribution in [0.15, 0.2) is 66.7 Å². The van der Waals surface area contributed by atoms with Crippen molar-refractivity contribution in [2.45, 2.75) is 45.3 Å². The maximum absolute atomic E-state index is 14.0. The molecular weight excluding hydrogens is 595 g/mol. The number of carbonyl (C=O) groups excluding carboxylic acids is 2. The van der Waals surface area contributed by atoms with Crippen molar-refractivity contribution < 1.29 is 26.8 Å². The summed E-state index contributed by atoms with van der Waals surface area (Å²) in [5, 5.41) is 3.53. The maximum atomic E-state index is 14.0. The minimum Gasteiger partial charge on any atom is -0.352 e. The number of hydrogen-bond donors (Lipinski definition) is 1. The fraction of sp³-hybridized carbons (Fsp3) is 0.310. The van der Waals surface area contributed by atoms with E-state index in [-0.39, 0.29) is 29.7 Å². The Balaban J connectivity index is 2.10. The first-order valence-corrected chi connectivity index (χ1v) is 15.4. The fourth-order valence-electron chi connectivity index (χ4n) is 4.08. The van der Waals surface area contributed by atoms with E-state index in [0.29, 0.717) is 27.4 Å². The Hall–Kier alpha value is -3.21. The van der Waals surface area contributed by atoms with Crippen molar-refractivity contribution in [1.29, 1.82) is 0 Å². The molecule has 0 aliphatic heterocycles. The van der Waals surface area contributed by atoms with E-state index in [0.717, 1.165) is 24.0 Å². The van der Waals surface area contributed by atoms with E-state index >= 15 is 0 Å². The Labute approximate surface area is 249 Å². The molecule has 2 amide bonds. The normalized spacial score (nSPS) is 12.9. The summed E-state index contributed by atoms with van der Waals surface area (Å²) >= 11 is 12.5. The summed E-state index contributed by atoms with van der Waals surface area (Å²) in [5.41, 5.74) is 0.989. The lowest BCUT2D eigenvalue weighted by Crippen LogP contribution is -2.54. The Kier molecular flexibility index (Phi) is 11.1. The standard InChI is InChI=1S/C29H31Cl2F2N3O4S/c1-4-19(2)34-29(38)27(14-20-8-6-5-7-9-20)35(17-21-10-11-22(30)15-24(21)31)28(37)18-36(41(3,39)40)23-12-13-25(32)26(33)16-23/h5-13,15-16,19,27H,4,14,17-18H2,1-3H3,(H,34,38)/t19-,27-/m0/s1. The average Bonchev–Trinajstić information content (AvgIpc) is 2.91. The van der Waals surface area contributed by atoms with Crippen LogP contribution in [-0.2, 0) is 32.6 Å². The molecule has 0 saturated carbocycles. The topological polar surface area (TPSA) is 86.8 Å². The summed E-state index contributed by atoms with van der Waals surface area (Å²) in [6.45, 7) is 2.79. The van der Waals surface area contributed by atoms with Gasteiger partial charge >= 0.3 is 0 Å². The van der Waals surface area contributed by atoms with Gasteiger partial charge in [-0.05, 0) is 48.7 Å². The van der Waals surface area contributed by atoms with Crippen LogP contribution < -0.4 is 9.62 Å². The zero-order valence-corrected chi connectivity index (χ0v) is 25.1. The molecule has 41 heavy (non-hydrogen) atoms. The zero-order chi connectivity index (χ0) is 30.3. The van der Waals surface area contributed by atoms with Gasteiger partial charge in [-0.15, -0.1) is 0 Å². The molecule has 0 radical (unpaired) electrons. The number of nitrogens with zero attached hydrogens (tertiary/aromatic N) is 2. The third kappa shape index (κ3) is 8.89. The Morgan fingerprint density at radius 1 is 0.976 bits per heavy atom. The zero-order valence-electron chi connectivity index (χ0n) is 22.8. The summed E-state index contributed by atoms with van der Waals surface area (Å²) in [6.07, 6.45) is 1.60. The smallest absolute Gasteiger partial charge is 0.244 e. The minimum atomic E-state index is -4.14. The summed E-state index contributed by atoms with van der Waals surface area (Å²) in [4.78, 5) is 28.9. The van der Waals surface area contributed by atoms with Crippen LogP contribution in [0.2, 0.25) is 10.0 Å². The molecule has 1 N–H and O–H groups in total. The monoisotopic (exact) mass is 625 g/mol. The lowest BCUT2D eigenvalue weighted by Gasteiger charge is -2.34. The quantitative estimate of drug-likeness (QED) is 0.284. The number of anilines is 1. The van der Waals surface area contributed by atoms with Gasteiger partial charge in [0.2, 0.25) is 21.8 Å². The molecule has 2 atom stereocenters. The highest BCUT2D eigenvalue weighted by Gasteiger charge is 2.34. The highest BCUT2D eigenvalue weighted by atomic mass is 35.5. The van der Waals surface area contributed by atoms with Crippen LogP contribution in [0.5, 0.6) is 0 Å². The number of halogens is 4. The van der Waals surface area contributed by atoms with E-state index in [1.54, 1.807) is 24.3 Å². The van der Waals surface area contributed by atoms with Gasteiger partial charge in [0.05, 0.1) is 11.9 Å². The van der Waals surface area contributed by atoms with Crippen molar-refractivity contribution in [2.75, 3.05) is 17.1 Å². The molecular formula is C29H31Cl2F2N3O4S. The first-order valence-electron chi connectivity index (χ1n) is 12.8. The van der Waals surface area contributed by atoms with Crippen molar-refractivity contribution in [2.24, 2.45) is 0 Å². The van der Waals surface area contributed by atoms with E-state index in [2.05, 4.69) is 5.32 Å². The molecule has 3 rings (SSSR count). The third-order valence-corrected chi connectivity index (χ3v) is 8.23. The van der Waals surface area contributed by atoms with Crippen LogP contribution in [0.25, 0.3) is 0 Å². The minimum absolute atomic E-state index is 0.115. The predicted octanol–water partition coefficient (Wildman–Crippen LogP) is 5.59. The molecule has 0 aliphatic rings. The number of benzene rings is 3.